The molecule has 3 nitrogen and oxygen atoms in total. The van der Waals surface area contributed by atoms with Crippen LogP contribution in [0.4, 0.5) is 0 Å². The van der Waals surface area contributed by atoms with Gasteiger partial charge in [-0.25, -0.2) is 0 Å². The number of aliphatic hydroxyl groups is 1. The third-order valence-corrected chi connectivity index (χ3v) is 3.68. The zero-order chi connectivity index (χ0) is 13.1. The van der Waals surface area contributed by atoms with E-state index < -0.39 is 0 Å². The summed E-state index contributed by atoms with van der Waals surface area (Å²) in [6, 6.07) is 10.0. The summed E-state index contributed by atoms with van der Waals surface area (Å²) in [6.07, 6.45) is 0.923. The summed E-state index contributed by atoms with van der Waals surface area (Å²) in [6.45, 7) is 4.01. The monoisotopic (exact) mass is 247 g/mol. The summed E-state index contributed by atoms with van der Waals surface area (Å²) in [5.41, 5.74) is 1.24. The molecule has 1 fully saturated rings. The Balaban J connectivity index is 1.90. The van der Waals surface area contributed by atoms with E-state index in [-0.39, 0.29) is 30.4 Å². The van der Waals surface area contributed by atoms with Crippen molar-refractivity contribution < 1.29 is 9.90 Å². The molecule has 18 heavy (non-hydrogen) atoms. The molecule has 1 aliphatic carbocycles. The molecule has 2 N–H and O–H groups in total. The largest absolute Gasteiger partial charge is 0.394 e. The van der Waals surface area contributed by atoms with Crippen LogP contribution >= 0.6 is 0 Å². The molecule has 2 rings (SSSR count). The molecule has 1 amide bonds. The van der Waals surface area contributed by atoms with Crippen LogP contribution in [-0.4, -0.2) is 23.7 Å². The van der Waals surface area contributed by atoms with Gasteiger partial charge in [-0.1, -0.05) is 44.2 Å². The summed E-state index contributed by atoms with van der Waals surface area (Å²) in [7, 11) is 0. The zero-order valence-electron chi connectivity index (χ0n) is 11.0. The van der Waals surface area contributed by atoms with E-state index in [0.29, 0.717) is 5.92 Å². The maximum atomic E-state index is 12.0. The van der Waals surface area contributed by atoms with E-state index in [9.17, 15) is 9.90 Å². The molecular weight excluding hydrogens is 226 g/mol. The number of aliphatic hydroxyl groups excluding tert-OH is 1. The Morgan fingerprint density at radius 1 is 1.39 bits per heavy atom. The molecule has 0 bridgehead atoms. The van der Waals surface area contributed by atoms with Gasteiger partial charge in [0, 0.05) is 5.92 Å². The second kappa shape index (κ2) is 5.53. The highest BCUT2D eigenvalue weighted by molar-refractivity contribution is 5.83. The summed E-state index contributed by atoms with van der Waals surface area (Å²) in [5, 5.41) is 12.2. The molecule has 1 aliphatic rings. The molecule has 0 aromatic heterocycles. The van der Waals surface area contributed by atoms with Crippen LogP contribution in [-0.2, 0) is 4.79 Å². The third-order valence-electron chi connectivity index (χ3n) is 3.68. The first-order valence-corrected chi connectivity index (χ1v) is 6.59. The molecule has 0 radical (unpaired) electrons. The molecule has 0 unspecified atom stereocenters. The minimum Gasteiger partial charge on any atom is -0.394 e. The maximum absolute atomic E-state index is 12.0. The summed E-state index contributed by atoms with van der Waals surface area (Å²) in [5.74, 6) is 0.780. The average Bonchev–Trinajstić information content (AvgIpc) is 3.16. The average molecular weight is 247 g/mol. The van der Waals surface area contributed by atoms with Crippen molar-refractivity contribution in [3.05, 3.63) is 35.9 Å². The van der Waals surface area contributed by atoms with Crippen molar-refractivity contribution in [1.29, 1.82) is 0 Å². The fourth-order valence-corrected chi connectivity index (χ4v) is 2.27. The molecule has 3 heteroatoms. The molecule has 1 saturated carbocycles. The predicted molar refractivity (Wildman–Crippen MR) is 71.1 cm³/mol. The Morgan fingerprint density at radius 2 is 2.06 bits per heavy atom. The van der Waals surface area contributed by atoms with Crippen LogP contribution in [0.3, 0.4) is 0 Å². The van der Waals surface area contributed by atoms with Crippen LogP contribution < -0.4 is 5.32 Å². The normalized spacial score (nSPS) is 23.8. The van der Waals surface area contributed by atoms with Crippen molar-refractivity contribution in [3.63, 3.8) is 0 Å². The van der Waals surface area contributed by atoms with E-state index in [1.807, 2.05) is 32.0 Å². The zero-order valence-corrected chi connectivity index (χ0v) is 11.0. The molecule has 0 heterocycles. The van der Waals surface area contributed by atoms with Gasteiger partial charge in [0.2, 0.25) is 5.91 Å². The van der Waals surface area contributed by atoms with E-state index in [2.05, 4.69) is 17.4 Å². The topological polar surface area (TPSA) is 49.3 Å². The first-order valence-electron chi connectivity index (χ1n) is 6.59. The number of nitrogens with one attached hydrogen (secondary N) is 1. The number of hydrogen-bond donors (Lipinski definition) is 2. The molecule has 98 valence electrons. The SMILES string of the molecule is CC(C)[C@H](CO)NC(=O)[C@@H]1C[C@H]1c1ccccc1. The standard InChI is InChI=1S/C15H21NO2/c1-10(2)14(9-17)16-15(18)13-8-12(13)11-6-4-3-5-7-11/h3-7,10,12-14,17H,8-9H2,1-2H3,(H,16,18)/t12-,13+,14-/m0/s1. The third kappa shape index (κ3) is 2.91. The molecule has 1 aromatic carbocycles. The lowest BCUT2D eigenvalue weighted by atomic mass is 10.0. The number of carbonyl (C=O) groups is 1. The fraction of sp³-hybridized carbons (Fsp3) is 0.533. The number of benzene rings is 1. The second-order valence-electron chi connectivity index (χ2n) is 5.40. The molecule has 0 aliphatic heterocycles. The van der Waals surface area contributed by atoms with Gasteiger partial charge in [0.05, 0.1) is 12.6 Å². The number of amides is 1. The van der Waals surface area contributed by atoms with Crippen molar-refractivity contribution in [2.45, 2.75) is 32.2 Å². The van der Waals surface area contributed by atoms with E-state index in [1.165, 1.54) is 5.56 Å². The summed E-state index contributed by atoms with van der Waals surface area (Å²) < 4.78 is 0. The van der Waals surface area contributed by atoms with Crippen molar-refractivity contribution in [2.24, 2.45) is 11.8 Å². The highest BCUT2D eigenvalue weighted by Crippen LogP contribution is 2.47. The lowest BCUT2D eigenvalue weighted by Crippen LogP contribution is -2.42. The highest BCUT2D eigenvalue weighted by atomic mass is 16.3. The van der Waals surface area contributed by atoms with Gasteiger partial charge in [0.15, 0.2) is 0 Å². The van der Waals surface area contributed by atoms with Gasteiger partial charge < -0.3 is 10.4 Å². The van der Waals surface area contributed by atoms with Gasteiger partial charge in [-0.2, -0.15) is 0 Å². The summed E-state index contributed by atoms with van der Waals surface area (Å²) >= 11 is 0. The van der Waals surface area contributed by atoms with Crippen LogP contribution in [0.2, 0.25) is 0 Å². The fourth-order valence-electron chi connectivity index (χ4n) is 2.27. The maximum Gasteiger partial charge on any atom is 0.224 e. The van der Waals surface area contributed by atoms with Gasteiger partial charge in [0.25, 0.3) is 0 Å². The van der Waals surface area contributed by atoms with Gasteiger partial charge in [-0.3, -0.25) is 4.79 Å². The van der Waals surface area contributed by atoms with Gasteiger partial charge in [0.1, 0.15) is 0 Å². The lowest BCUT2D eigenvalue weighted by molar-refractivity contribution is -0.123. The molecule has 3 atom stereocenters. The van der Waals surface area contributed by atoms with Crippen LogP contribution in [0.15, 0.2) is 30.3 Å². The minimum atomic E-state index is -0.130. The Bertz CT molecular complexity index is 402. The smallest absolute Gasteiger partial charge is 0.224 e. The predicted octanol–water partition coefficient (Wildman–Crippen LogP) is 1.92. The summed E-state index contributed by atoms with van der Waals surface area (Å²) in [4.78, 5) is 12.0. The van der Waals surface area contributed by atoms with Crippen LogP contribution in [0.1, 0.15) is 31.7 Å². The van der Waals surface area contributed by atoms with Crippen molar-refractivity contribution in [3.8, 4) is 0 Å². The first-order chi connectivity index (χ1) is 8.63. The van der Waals surface area contributed by atoms with E-state index >= 15 is 0 Å². The van der Waals surface area contributed by atoms with E-state index in [1.54, 1.807) is 0 Å². The van der Waals surface area contributed by atoms with Crippen molar-refractivity contribution in [2.75, 3.05) is 6.61 Å². The van der Waals surface area contributed by atoms with Gasteiger partial charge in [-0.05, 0) is 23.8 Å². The Hall–Kier alpha value is -1.35. The molecule has 0 spiro atoms. The van der Waals surface area contributed by atoms with Crippen molar-refractivity contribution in [1.82, 2.24) is 5.32 Å². The lowest BCUT2D eigenvalue weighted by Gasteiger charge is -2.19. The van der Waals surface area contributed by atoms with Gasteiger partial charge >= 0.3 is 0 Å². The molecule has 1 aromatic rings. The van der Waals surface area contributed by atoms with Crippen LogP contribution in [0, 0.1) is 11.8 Å². The highest BCUT2D eigenvalue weighted by Gasteiger charge is 2.44. The van der Waals surface area contributed by atoms with E-state index in [0.717, 1.165) is 6.42 Å². The second-order valence-corrected chi connectivity index (χ2v) is 5.40. The first kappa shape index (κ1) is 13.1. The quantitative estimate of drug-likeness (QED) is 0.835. The van der Waals surface area contributed by atoms with Crippen LogP contribution in [0.5, 0.6) is 0 Å². The Kier molecular flexibility index (Phi) is 4.02. The van der Waals surface area contributed by atoms with Crippen molar-refractivity contribution >= 4 is 5.91 Å². The minimum absolute atomic E-state index is 0.00608. The van der Waals surface area contributed by atoms with Crippen LogP contribution in [0.25, 0.3) is 0 Å². The molecule has 0 saturated heterocycles. The number of hydrogen-bond acceptors (Lipinski definition) is 2. The number of rotatable bonds is 5. The van der Waals surface area contributed by atoms with Gasteiger partial charge in [-0.15, -0.1) is 0 Å². The van der Waals surface area contributed by atoms with E-state index in [4.69, 9.17) is 0 Å². The molecular formula is C15H21NO2. The number of carbonyl (C=O) groups excluding carboxylic acids is 1. The Labute approximate surface area is 108 Å². The Morgan fingerprint density at radius 3 is 2.61 bits per heavy atom.